The minimum atomic E-state index is 0.482. The first-order valence-electron chi connectivity index (χ1n) is 11.4. The number of hydrogen-bond donors (Lipinski definition) is 2. The Balaban J connectivity index is 1.67. The van der Waals surface area contributed by atoms with Crippen molar-refractivity contribution in [3.05, 3.63) is 59.4 Å². The number of halogens is 1. The SMILES string of the molecule is CCc1cc(N(C)CCN(C)C)c(N)cc1Nc1ncc(Cl)c(-c2cn(C)c3ccccc23)n1. The number of nitrogen functional groups attached to an aromatic ring is 1. The molecule has 0 aliphatic heterocycles. The van der Waals surface area contributed by atoms with Gasteiger partial charge < -0.3 is 25.4 Å². The highest BCUT2D eigenvalue weighted by atomic mass is 35.5. The van der Waals surface area contributed by atoms with Gasteiger partial charge in [-0.1, -0.05) is 36.7 Å². The number of nitrogens with one attached hydrogen (secondary N) is 1. The van der Waals surface area contributed by atoms with Crippen LogP contribution in [0.1, 0.15) is 12.5 Å². The lowest BCUT2D eigenvalue weighted by Gasteiger charge is -2.25. The third kappa shape index (κ3) is 4.81. The fraction of sp³-hybridized carbons (Fsp3) is 0.308. The molecular formula is C26H32ClN7. The Bertz CT molecular complexity index is 1310. The van der Waals surface area contributed by atoms with E-state index in [1.807, 2.05) is 25.2 Å². The van der Waals surface area contributed by atoms with Gasteiger partial charge in [-0.2, -0.15) is 0 Å². The lowest BCUT2D eigenvalue weighted by molar-refractivity contribution is 0.416. The fourth-order valence-electron chi connectivity index (χ4n) is 4.13. The molecule has 0 aliphatic carbocycles. The molecule has 3 N–H and O–H groups in total. The molecule has 0 saturated heterocycles. The molecule has 0 aliphatic rings. The second-order valence-corrected chi connectivity index (χ2v) is 9.24. The van der Waals surface area contributed by atoms with Gasteiger partial charge in [-0.15, -0.1) is 0 Å². The van der Waals surface area contributed by atoms with Gasteiger partial charge in [-0.25, -0.2) is 9.97 Å². The summed E-state index contributed by atoms with van der Waals surface area (Å²) in [5.74, 6) is 0.482. The van der Waals surface area contributed by atoms with Gasteiger partial charge in [0.05, 0.1) is 28.3 Å². The zero-order chi connectivity index (χ0) is 24.4. The van der Waals surface area contributed by atoms with Crippen molar-refractivity contribution >= 4 is 45.5 Å². The van der Waals surface area contributed by atoms with Crippen molar-refractivity contribution in [3.8, 4) is 11.3 Å². The standard InChI is InChI=1S/C26H32ClN7/c1-6-17-13-24(33(4)12-11-32(2)3)21(28)14-22(17)30-26-29-15-20(27)25(31-26)19-16-34(5)23-10-8-7-9-18(19)23/h7-10,13-16H,6,11-12,28H2,1-5H3,(H,29,30,31). The Morgan fingerprint density at radius 1 is 1.12 bits per heavy atom. The number of nitrogens with two attached hydrogens (primary N) is 1. The van der Waals surface area contributed by atoms with E-state index in [1.165, 1.54) is 0 Å². The molecule has 34 heavy (non-hydrogen) atoms. The third-order valence-corrected chi connectivity index (χ3v) is 6.35. The molecule has 4 rings (SSSR count). The highest BCUT2D eigenvalue weighted by molar-refractivity contribution is 6.33. The number of fused-ring (bicyclic) bond motifs is 1. The molecule has 0 spiro atoms. The molecule has 0 atom stereocenters. The van der Waals surface area contributed by atoms with Crippen molar-refractivity contribution in [1.82, 2.24) is 19.4 Å². The first-order chi connectivity index (χ1) is 16.3. The minimum absolute atomic E-state index is 0.482. The Morgan fingerprint density at radius 2 is 1.88 bits per heavy atom. The predicted octanol–water partition coefficient (Wildman–Crippen LogP) is 5.17. The molecule has 178 valence electrons. The summed E-state index contributed by atoms with van der Waals surface area (Å²) >= 11 is 6.54. The summed E-state index contributed by atoms with van der Waals surface area (Å²) in [6.45, 7) is 3.97. The summed E-state index contributed by atoms with van der Waals surface area (Å²) < 4.78 is 2.08. The maximum atomic E-state index is 6.54. The summed E-state index contributed by atoms with van der Waals surface area (Å²) in [7, 11) is 8.23. The number of anilines is 4. The number of benzene rings is 2. The third-order valence-electron chi connectivity index (χ3n) is 6.07. The topological polar surface area (TPSA) is 75.2 Å². The molecule has 2 aromatic heterocycles. The van der Waals surface area contributed by atoms with Crippen LogP contribution in [0.2, 0.25) is 5.02 Å². The first kappa shape index (κ1) is 23.9. The summed E-state index contributed by atoms with van der Waals surface area (Å²) in [5, 5.41) is 4.99. The molecule has 0 unspecified atom stereocenters. The fourth-order valence-corrected chi connectivity index (χ4v) is 4.32. The minimum Gasteiger partial charge on any atom is -0.397 e. The Hall–Kier alpha value is -3.29. The lowest BCUT2D eigenvalue weighted by atomic mass is 10.1. The zero-order valence-electron chi connectivity index (χ0n) is 20.4. The first-order valence-corrected chi connectivity index (χ1v) is 11.8. The van der Waals surface area contributed by atoms with Crippen LogP contribution in [0.15, 0.2) is 48.8 Å². The molecule has 2 heterocycles. The number of rotatable bonds is 8. The Morgan fingerprint density at radius 3 is 2.62 bits per heavy atom. The van der Waals surface area contributed by atoms with Crippen molar-refractivity contribution in [1.29, 1.82) is 0 Å². The van der Waals surface area contributed by atoms with E-state index in [-0.39, 0.29) is 0 Å². The molecule has 0 amide bonds. The van der Waals surface area contributed by atoms with E-state index in [9.17, 15) is 0 Å². The van der Waals surface area contributed by atoms with Crippen LogP contribution in [0.25, 0.3) is 22.2 Å². The molecule has 4 aromatic rings. The maximum Gasteiger partial charge on any atom is 0.227 e. The van der Waals surface area contributed by atoms with Gasteiger partial charge in [0.25, 0.3) is 0 Å². The molecule has 7 nitrogen and oxygen atoms in total. The highest BCUT2D eigenvalue weighted by Crippen LogP contribution is 2.35. The van der Waals surface area contributed by atoms with Gasteiger partial charge >= 0.3 is 0 Å². The number of likely N-dealkylation sites (N-methyl/N-ethyl adjacent to an activating group) is 2. The van der Waals surface area contributed by atoms with Crippen molar-refractivity contribution in [2.24, 2.45) is 7.05 Å². The summed E-state index contributed by atoms with van der Waals surface area (Å²) in [4.78, 5) is 13.6. The van der Waals surface area contributed by atoms with E-state index in [0.717, 1.165) is 52.9 Å². The smallest absolute Gasteiger partial charge is 0.227 e. The van der Waals surface area contributed by atoms with E-state index in [0.29, 0.717) is 22.4 Å². The van der Waals surface area contributed by atoms with E-state index < -0.39 is 0 Å². The van der Waals surface area contributed by atoms with Gasteiger partial charge in [-0.3, -0.25) is 0 Å². The number of nitrogens with zero attached hydrogens (tertiary/aromatic N) is 5. The summed E-state index contributed by atoms with van der Waals surface area (Å²) in [5.41, 5.74) is 13.0. The van der Waals surface area contributed by atoms with Gasteiger partial charge in [0, 0.05) is 55.5 Å². The zero-order valence-corrected chi connectivity index (χ0v) is 21.2. The number of aromatic nitrogens is 3. The van der Waals surface area contributed by atoms with Crippen LogP contribution in [0, 0.1) is 0 Å². The van der Waals surface area contributed by atoms with Crippen molar-refractivity contribution in [3.63, 3.8) is 0 Å². The van der Waals surface area contributed by atoms with E-state index in [2.05, 4.69) is 77.1 Å². The van der Waals surface area contributed by atoms with Gasteiger partial charge in [0.1, 0.15) is 0 Å². The monoisotopic (exact) mass is 477 g/mol. The maximum absolute atomic E-state index is 6.54. The molecule has 0 saturated carbocycles. The van der Waals surface area contributed by atoms with Gasteiger partial charge in [0.2, 0.25) is 5.95 Å². The van der Waals surface area contributed by atoms with Gasteiger partial charge in [-0.05, 0) is 44.3 Å². The Labute approximate surface area is 206 Å². The highest BCUT2D eigenvalue weighted by Gasteiger charge is 2.16. The normalized spacial score (nSPS) is 11.4. The van der Waals surface area contributed by atoms with Crippen LogP contribution in [0.4, 0.5) is 23.0 Å². The van der Waals surface area contributed by atoms with Crippen molar-refractivity contribution in [2.75, 3.05) is 50.2 Å². The van der Waals surface area contributed by atoms with Gasteiger partial charge in [0.15, 0.2) is 0 Å². The van der Waals surface area contributed by atoms with Crippen molar-refractivity contribution in [2.45, 2.75) is 13.3 Å². The second-order valence-electron chi connectivity index (χ2n) is 8.83. The quantitative estimate of drug-likeness (QED) is 0.341. The predicted molar refractivity (Wildman–Crippen MR) is 144 cm³/mol. The number of hydrogen-bond acceptors (Lipinski definition) is 6. The summed E-state index contributed by atoms with van der Waals surface area (Å²) in [6, 6.07) is 12.3. The molecule has 0 bridgehead atoms. The van der Waals surface area contributed by atoms with Crippen LogP contribution >= 0.6 is 11.6 Å². The molecule has 0 radical (unpaired) electrons. The van der Waals surface area contributed by atoms with E-state index in [4.69, 9.17) is 22.3 Å². The Kier molecular flexibility index (Phi) is 6.95. The average Bonchev–Trinajstić information content (AvgIpc) is 3.15. The van der Waals surface area contributed by atoms with Crippen LogP contribution in [0.3, 0.4) is 0 Å². The average molecular weight is 478 g/mol. The molecule has 0 fully saturated rings. The molecule has 8 heteroatoms. The lowest BCUT2D eigenvalue weighted by Crippen LogP contribution is -2.29. The molecule has 2 aromatic carbocycles. The number of para-hydroxylation sites is 1. The van der Waals surface area contributed by atoms with Crippen molar-refractivity contribution < 1.29 is 0 Å². The van der Waals surface area contributed by atoms with E-state index >= 15 is 0 Å². The summed E-state index contributed by atoms with van der Waals surface area (Å²) in [6.07, 6.45) is 4.55. The van der Waals surface area contributed by atoms with Crippen LogP contribution in [-0.2, 0) is 13.5 Å². The largest absolute Gasteiger partial charge is 0.397 e. The molecular weight excluding hydrogens is 446 g/mol. The van der Waals surface area contributed by atoms with E-state index in [1.54, 1.807) is 6.20 Å². The van der Waals surface area contributed by atoms with Crippen LogP contribution in [0.5, 0.6) is 0 Å². The second kappa shape index (κ2) is 9.91. The van der Waals surface area contributed by atoms with Crippen LogP contribution < -0.4 is 16.0 Å². The number of aryl methyl sites for hydroxylation is 2. The van der Waals surface area contributed by atoms with Crippen LogP contribution in [-0.4, -0.2) is 53.7 Å².